The topological polar surface area (TPSA) is 29.5 Å². The van der Waals surface area contributed by atoms with Crippen molar-refractivity contribution in [3.63, 3.8) is 0 Å². The molecule has 1 N–H and O–H groups in total. The van der Waals surface area contributed by atoms with Gasteiger partial charge in [-0.05, 0) is 43.0 Å². The first-order chi connectivity index (χ1) is 9.67. The van der Waals surface area contributed by atoms with Crippen LogP contribution in [0.15, 0.2) is 48.5 Å². The molecule has 0 aromatic heterocycles. The van der Waals surface area contributed by atoms with Crippen LogP contribution < -0.4 is 4.74 Å². The summed E-state index contributed by atoms with van der Waals surface area (Å²) < 4.78 is 5.76. The number of ether oxygens (including phenoxy) is 1. The molecule has 2 aromatic carbocycles. The van der Waals surface area contributed by atoms with E-state index in [1.165, 1.54) is 11.1 Å². The molecule has 0 aliphatic rings. The lowest BCUT2D eigenvalue weighted by atomic mass is 10.1. The molecule has 1 atom stereocenters. The van der Waals surface area contributed by atoms with E-state index in [2.05, 4.69) is 31.2 Å². The Morgan fingerprint density at radius 3 is 2.15 bits per heavy atom. The zero-order valence-corrected chi connectivity index (χ0v) is 12.2. The van der Waals surface area contributed by atoms with Crippen molar-refractivity contribution in [2.45, 2.75) is 39.4 Å². The van der Waals surface area contributed by atoms with Crippen LogP contribution in [0.3, 0.4) is 0 Å². The van der Waals surface area contributed by atoms with Crippen LogP contribution in [0.2, 0.25) is 0 Å². The summed E-state index contributed by atoms with van der Waals surface area (Å²) in [5.74, 6) is 0.861. The molecule has 106 valence electrons. The maximum atomic E-state index is 9.62. The highest BCUT2D eigenvalue weighted by atomic mass is 16.5. The van der Waals surface area contributed by atoms with Gasteiger partial charge in [0, 0.05) is 0 Å². The summed E-state index contributed by atoms with van der Waals surface area (Å²) in [6.07, 6.45) is 1.23. The van der Waals surface area contributed by atoms with E-state index in [-0.39, 0.29) is 6.10 Å². The molecule has 0 radical (unpaired) electrons. The quantitative estimate of drug-likeness (QED) is 0.863. The summed E-state index contributed by atoms with van der Waals surface area (Å²) in [5.41, 5.74) is 3.57. The van der Waals surface area contributed by atoms with Gasteiger partial charge in [0.15, 0.2) is 0 Å². The second kappa shape index (κ2) is 7.11. The summed E-state index contributed by atoms with van der Waals surface area (Å²) in [4.78, 5) is 0. The van der Waals surface area contributed by atoms with Crippen LogP contribution in [0.4, 0.5) is 0 Å². The Morgan fingerprint density at radius 1 is 0.950 bits per heavy atom. The molecule has 2 nitrogen and oxygen atoms in total. The Bertz CT molecular complexity index is 514. The summed E-state index contributed by atoms with van der Waals surface area (Å²) in [6.45, 7) is 4.65. The van der Waals surface area contributed by atoms with Gasteiger partial charge < -0.3 is 9.84 Å². The van der Waals surface area contributed by atoms with Crippen molar-refractivity contribution in [2.75, 3.05) is 0 Å². The smallest absolute Gasteiger partial charge is 0.119 e. The number of aryl methyl sites for hydroxylation is 1. The summed E-state index contributed by atoms with van der Waals surface area (Å²) in [5, 5.41) is 9.62. The van der Waals surface area contributed by atoms with E-state index in [4.69, 9.17) is 4.74 Å². The molecule has 2 heteroatoms. The highest BCUT2D eigenvalue weighted by Gasteiger charge is 2.03. The lowest BCUT2D eigenvalue weighted by molar-refractivity contribution is 0.171. The number of aliphatic hydroxyl groups excluding tert-OH is 1. The first-order valence-corrected chi connectivity index (χ1v) is 7.12. The predicted octanol–water partition coefficient (Wildman–Crippen LogP) is 3.89. The number of hydrogen-bond acceptors (Lipinski definition) is 2. The first-order valence-electron chi connectivity index (χ1n) is 7.12. The summed E-state index contributed by atoms with van der Waals surface area (Å²) in [6, 6.07) is 16.3. The molecule has 0 amide bonds. The molecule has 0 spiro atoms. The van der Waals surface area contributed by atoms with Crippen LogP contribution in [0.1, 0.15) is 30.0 Å². The molecular weight excluding hydrogens is 248 g/mol. The average molecular weight is 270 g/mol. The fourth-order valence-corrected chi connectivity index (χ4v) is 1.99. The minimum absolute atomic E-state index is 0.255. The Labute approximate surface area is 121 Å². The zero-order chi connectivity index (χ0) is 14.4. The SMILES string of the molecule is CCC(O)Cc1ccc(OCc2ccc(C)cc2)cc1. The molecular formula is C18H22O2. The van der Waals surface area contributed by atoms with Crippen molar-refractivity contribution in [3.8, 4) is 5.75 Å². The number of rotatable bonds is 6. The van der Waals surface area contributed by atoms with Gasteiger partial charge in [-0.1, -0.05) is 48.9 Å². The fraction of sp³-hybridized carbons (Fsp3) is 0.333. The van der Waals surface area contributed by atoms with E-state index >= 15 is 0 Å². The van der Waals surface area contributed by atoms with Crippen LogP contribution in [0.5, 0.6) is 5.75 Å². The van der Waals surface area contributed by atoms with E-state index in [0.717, 1.165) is 17.7 Å². The third-order valence-corrected chi connectivity index (χ3v) is 3.39. The first kappa shape index (κ1) is 14.6. The standard InChI is InChI=1S/C18H22O2/c1-3-17(19)12-15-8-10-18(11-9-15)20-13-16-6-4-14(2)5-7-16/h4-11,17,19H,3,12-13H2,1-2H3. The van der Waals surface area contributed by atoms with Gasteiger partial charge in [-0.3, -0.25) is 0 Å². The van der Waals surface area contributed by atoms with Crippen molar-refractivity contribution in [2.24, 2.45) is 0 Å². The molecule has 2 rings (SSSR count). The maximum Gasteiger partial charge on any atom is 0.119 e. The van der Waals surface area contributed by atoms with Gasteiger partial charge >= 0.3 is 0 Å². The number of hydrogen-bond donors (Lipinski definition) is 1. The van der Waals surface area contributed by atoms with Crippen LogP contribution in [-0.4, -0.2) is 11.2 Å². The third kappa shape index (κ3) is 4.39. The van der Waals surface area contributed by atoms with E-state index in [1.54, 1.807) is 0 Å². The molecule has 0 saturated heterocycles. The minimum atomic E-state index is -0.255. The third-order valence-electron chi connectivity index (χ3n) is 3.39. The number of aliphatic hydroxyl groups is 1. The molecule has 0 fully saturated rings. The van der Waals surface area contributed by atoms with Crippen LogP contribution in [-0.2, 0) is 13.0 Å². The van der Waals surface area contributed by atoms with Crippen LogP contribution >= 0.6 is 0 Å². The molecule has 20 heavy (non-hydrogen) atoms. The van der Waals surface area contributed by atoms with E-state index in [0.29, 0.717) is 13.0 Å². The Hall–Kier alpha value is -1.80. The molecule has 0 bridgehead atoms. The molecule has 0 aliphatic heterocycles. The van der Waals surface area contributed by atoms with Gasteiger partial charge in [-0.15, -0.1) is 0 Å². The van der Waals surface area contributed by atoms with Gasteiger partial charge in [-0.2, -0.15) is 0 Å². The van der Waals surface area contributed by atoms with E-state index in [9.17, 15) is 5.11 Å². The zero-order valence-electron chi connectivity index (χ0n) is 12.2. The van der Waals surface area contributed by atoms with Crippen molar-refractivity contribution < 1.29 is 9.84 Å². The van der Waals surface area contributed by atoms with E-state index < -0.39 is 0 Å². The summed E-state index contributed by atoms with van der Waals surface area (Å²) in [7, 11) is 0. The molecule has 1 unspecified atom stereocenters. The normalized spacial score (nSPS) is 12.2. The fourth-order valence-electron chi connectivity index (χ4n) is 1.99. The van der Waals surface area contributed by atoms with Crippen molar-refractivity contribution in [3.05, 3.63) is 65.2 Å². The second-order valence-electron chi connectivity index (χ2n) is 5.18. The minimum Gasteiger partial charge on any atom is -0.489 e. The second-order valence-corrected chi connectivity index (χ2v) is 5.18. The van der Waals surface area contributed by atoms with Crippen LogP contribution in [0.25, 0.3) is 0 Å². The monoisotopic (exact) mass is 270 g/mol. The average Bonchev–Trinajstić information content (AvgIpc) is 2.48. The van der Waals surface area contributed by atoms with Gasteiger partial charge in [0.05, 0.1) is 6.10 Å². The predicted molar refractivity (Wildman–Crippen MR) is 82.0 cm³/mol. The van der Waals surface area contributed by atoms with Gasteiger partial charge in [-0.25, -0.2) is 0 Å². The largest absolute Gasteiger partial charge is 0.489 e. The Kier molecular flexibility index (Phi) is 5.19. The van der Waals surface area contributed by atoms with E-state index in [1.807, 2.05) is 31.2 Å². The maximum absolute atomic E-state index is 9.62. The molecule has 0 aliphatic carbocycles. The highest BCUT2D eigenvalue weighted by molar-refractivity contribution is 5.28. The Balaban J connectivity index is 1.89. The molecule has 0 saturated carbocycles. The Morgan fingerprint density at radius 2 is 1.55 bits per heavy atom. The molecule has 2 aromatic rings. The molecule has 0 heterocycles. The van der Waals surface area contributed by atoms with Crippen molar-refractivity contribution >= 4 is 0 Å². The van der Waals surface area contributed by atoms with Crippen LogP contribution in [0, 0.1) is 6.92 Å². The highest BCUT2D eigenvalue weighted by Crippen LogP contribution is 2.16. The van der Waals surface area contributed by atoms with Gasteiger partial charge in [0.2, 0.25) is 0 Å². The lowest BCUT2D eigenvalue weighted by Crippen LogP contribution is -2.08. The van der Waals surface area contributed by atoms with Gasteiger partial charge in [0.1, 0.15) is 12.4 Å². The summed E-state index contributed by atoms with van der Waals surface area (Å²) >= 11 is 0. The van der Waals surface area contributed by atoms with Crippen molar-refractivity contribution in [1.82, 2.24) is 0 Å². The lowest BCUT2D eigenvalue weighted by Gasteiger charge is -2.10. The van der Waals surface area contributed by atoms with Gasteiger partial charge in [0.25, 0.3) is 0 Å². The van der Waals surface area contributed by atoms with Crippen molar-refractivity contribution in [1.29, 1.82) is 0 Å². The number of benzene rings is 2.